The SMILES string of the molecule is CC(C)CC(c1ccc(C(=O)CCCC(=O)O)cc1)n1ncc2c(Cl)c(-c3ccc(C(F)(F)F)cc3)ccc21. The summed E-state index contributed by atoms with van der Waals surface area (Å²) in [5.74, 6) is -0.698. The van der Waals surface area contributed by atoms with Gasteiger partial charge in [-0.25, -0.2) is 0 Å². The van der Waals surface area contributed by atoms with Gasteiger partial charge in [-0.1, -0.05) is 67.9 Å². The van der Waals surface area contributed by atoms with Gasteiger partial charge in [0.25, 0.3) is 0 Å². The van der Waals surface area contributed by atoms with Gasteiger partial charge in [0.05, 0.1) is 28.3 Å². The number of fused-ring (bicyclic) bond motifs is 1. The number of alkyl halides is 3. The van der Waals surface area contributed by atoms with Gasteiger partial charge in [-0.15, -0.1) is 0 Å². The molecule has 4 aromatic rings. The van der Waals surface area contributed by atoms with Crippen LogP contribution < -0.4 is 0 Å². The molecular weight excluding hydrogens is 529 g/mol. The van der Waals surface area contributed by atoms with Gasteiger partial charge in [0.15, 0.2) is 5.78 Å². The number of aliphatic carboxylic acids is 1. The van der Waals surface area contributed by atoms with Crippen LogP contribution >= 0.6 is 11.6 Å². The first kappa shape index (κ1) is 28.4. The average molecular weight is 557 g/mol. The summed E-state index contributed by atoms with van der Waals surface area (Å²) in [5.41, 5.74) is 2.74. The van der Waals surface area contributed by atoms with Crippen LogP contribution in [0.4, 0.5) is 13.2 Å². The summed E-state index contributed by atoms with van der Waals surface area (Å²) >= 11 is 6.74. The predicted molar refractivity (Wildman–Crippen MR) is 145 cm³/mol. The van der Waals surface area contributed by atoms with Gasteiger partial charge in [-0.3, -0.25) is 14.3 Å². The zero-order valence-corrected chi connectivity index (χ0v) is 22.3. The molecule has 39 heavy (non-hydrogen) atoms. The number of halogens is 4. The molecule has 1 atom stereocenters. The third kappa shape index (κ3) is 6.50. The van der Waals surface area contributed by atoms with Crippen molar-refractivity contribution < 1.29 is 27.9 Å². The number of carboxylic acids is 1. The van der Waals surface area contributed by atoms with E-state index in [1.165, 1.54) is 12.1 Å². The maximum absolute atomic E-state index is 13.0. The van der Waals surface area contributed by atoms with Crippen molar-refractivity contribution >= 4 is 34.3 Å². The van der Waals surface area contributed by atoms with Crippen LogP contribution in [0.2, 0.25) is 5.02 Å². The summed E-state index contributed by atoms with van der Waals surface area (Å²) in [7, 11) is 0. The van der Waals surface area contributed by atoms with Crippen molar-refractivity contribution in [1.82, 2.24) is 9.78 Å². The largest absolute Gasteiger partial charge is 0.481 e. The van der Waals surface area contributed by atoms with E-state index in [-0.39, 0.29) is 24.7 Å². The topological polar surface area (TPSA) is 72.2 Å². The van der Waals surface area contributed by atoms with Gasteiger partial charge >= 0.3 is 12.1 Å². The van der Waals surface area contributed by atoms with Crippen molar-refractivity contribution in [3.8, 4) is 11.1 Å². The second kappa shape index (κ2) is 11.6. The number of nitrogens with zero attached hydrogens (tertiary/aromatic N) is 2. The summed E-state index contributed by atoms with van der Waals surface area (Å²) in [6.07, 6.45) is -1.56. The Morgan fingerprint density at radius 2 is 1.64 bits per heavy atom. The van der Waals surface area contributed by atoms with Crippen LogP contribution in [0.5, 0.6) is 0 Å². The van der Waals surface area contributed by atoms with Crippen molar-refractivity contribution in [2.45, 2.75) is 51.7 Å². The Morgan fingerprint density at radius 1 is 0.974 bits per heavy atom. The van der Waals surface area contributed by atoms with Gasteiger partial charge in [0, 0.05) is 29.4 Å². The Hall–Kier alpha value is -3.65. The Kier molecular flexibility index (Phi) is 8.45. The maximum atomic E-state index is 13.0. The minimum Gasteiger partial charge on any atom is -0.481 e. The second-order valence-electron chi connectivity index (χ2n) is 9.96. The fourth-order valence-corrected chi connectivity index (χ4v) is 4.97. The number of carbonyl (C=O) groups excluding carboxylic acids is 1. The number of carbonyl (C=O) groups is 2. The lowest BCUT2D eigenvalue weighted by Gasteiger charge is -2.22. The Bertz CT molecular complexity index is 1480. The molecular formula is C30H28ClF3N2O3. The van der Waals surface area contributed by atoms with Gasteiger partial charge in [-0.05, 0) is 48.1 Å². The van der Waals surface area contributed by atoms with E-state index in [0.29, 0.717) is 39.4 Å². The third-order valence-electron chi connectivity index (χ3n) is 6.64. The fourth-order valence-electron chi connectivity index (χ4n) is 4.66. The molecule has 0 spiro atoms. The molecule has 0 aliphatic rings. The number of aromatic nitrogens is 2. The lowest BCUT2D eigenvalue weighted by atomic mass is 9.95. The highest BCUT2D eigenvalue weighted by atomic mass is 35.5. The Labute approximate surface area is 229 Å². The lowest BCUT2D eigenvalue weighted by Crippen LogP contribution is -2.15. The highest BCUT2D eigenvalue weighted by molar-refractivity contribution is 6.38. The molecule has 0 bridgehead atoms. The highest BCUT2D eigenvalue weighted by Crippen LogP contribution is 2.38. The number of carboxylic acid groups (broad SMARTS) is 1. The van der Waals surface area contributed by atoms with E-state index in [1.54, 1.807) is 24.4 Å². The van der Waals surface area contributed by atoms with E-state index in [1.807, 2.05) is 22.9 Å². The van der Waals surface area contributed by atoms with Gasteiger partial charge in [-0.2, -0.15) is 18.3 Å². The number of Topliss-reactive ketones (excluding diaryl/α,β-unsaturated/α-hetero) is 1. The van der Waals surface area contributed by atoms with E-state index >= 15 is 0 Å². The fraction of sp³-hybridized carbons (Fsp3) is 0.300. The van der Waals surface area contributed by atoms with Crippen molar-refractivity contribution in [2.24, 2.45) is 5.92 Å². The minimum absolute atomic E-state index is 0.0458. The first-order valence-electron chi connectivity index (χ1n) is 12.6. The van der Waals surface area contributed by atoms with Gasteiger partial charge in [0.1, 0.15) is 0 Å². The van der Waals surface area contributed by atoms with E-state index < -0.39 is 17.7 Å². The molecule has 3 aromatic carbocycles. The summed E-state index contributed by atoms with van der Waals surface area (Å²) < 4.78 is 40.8. The van der Waals surface area contributed by atoms with Crippen LogP contribution in [0.1, 0.15) is 67.1 Å². The van der Waals surface area contributed by atoms with Crippen LogP contribution in [0.3, 0.4) is 0 Å². The van der Waals surface area contributed by atoms with Crippen LogP contribution in [-0.4, -0.2) is 26.6 Å². The average Bonchev–Trinajstić information content (AvgIpc) is 3.31. The first-order chi connectivity index (χ1) is 18.5. The molecule has 0 radical (unpaired) electrons. The maximum Gasteiger partial charge on any atom is 0.416 e. The molecule has 1 unspecified atom stereocenters. The van der Waals surface area contributed by atoms with Crippen LogP contribution in [0.15, 0.2) is 66.9 Å². The van der Waals surface area contributed by atoms with Crippen LogP contribution in [0.25, 0.3) is 22.0 Å². The number of ketones is 1. The van der Waals surface area contributed by atoms with Crippen molar-refractivity contribution in [2.75, 3.05) is 0 Å². The first-order valence-corrected chi connectivity index (χ1v) is 13.0. The zero-order valence-electron chi connectivity index (χ0n) is 21.5. The summed E-state index contributed by atoms with van der Waals surface area (Å²) in [6.45, 7) is 4.21. The molecule has 5 nitrogen and oxygen atoms in total. The molecule has 0 aliphatic heterocycles. The number of hydrogen-bond acceptors (Lipinski definition) is 3. The summed E-state index contributed by atoms with van der Waals surface area (Å²) in [5, 5.41) is 14.5. The minimum atomic E-state index is -4.41. The van der Waals surface area contributed by atoms with E-state index in [0.717, 1.165) is 29.6 Å². The molecule has 0 aliphatic carbocycles. The lowest BCUT2D eigenvalue weighted by molar-refractivity contribution is -0.138. The van der Waals surface area contributed by atoms with E-state index in [2.05, 4.69) is 18.9 Å². The van der Waals surface area contributed by atoms with Crippen LogP contribution in [0, 0.1) is 5.92 Å². The summed E-state index contributed by atoms with van der Waals surface area (Å²) in [4.78, 5) is 23.2. The Morgan fingerprint density at radius 3 is 2.23 bits per heavy atom. The quantitative estimate of drug-likeness (QED) is 0.199. The molecule has 0 saturated carbocycles. The normalized spacial score (nSPS) is 12.7. The van der Waals surface area contributed by atoms with E-state index in [9.17, 15) is 22.8 Å². The van der Waals surface area contributed by atoms with Crippen molar-refractivity contribution in [3.63, 3.8) is 0 Å². The third-order valence-corrected chi connectivity index (χ3v) is 7.05. The molecule has 204 valence electrons. The van der Waals surface area contributed by atoms with Crippen LogP contribution in [-0.2, 0) is 11.0 Å². The highest BCUT2D eigenvalue weighted by Gasteiger charge is 2.30. The second-order valence-corrected chi connectivity index (χ2v) is 10.3. The standard InChI is InChI=1S/C30H28ClF3N2O3/c1-18(2)16-26(20-6-8-21(9-7-20)27(37)4-3-5-28(38)39)36-25-15-14-23(29(31)24(25)17-35-36)19-10-12-22(13-11-19)30(32,33)34/h6-15,17-18,26H,3-5,16H2,1-2H3,(H,38,39). The van der Waals surface area contributed by atoms with E-state index in [4.69, 9.17) is 16.7 Å². The monoisotopic (exact) mass is 556 g/mol. The molecule has 0 fully saturated rings. The zero-order chi connectivity index (χ0) is 28.3. The Balaban J connectivity index is 1.64. The molecule has 0 saturated heterocycles. The van der Waals surface area contributed by atoms with Crippen molar-refractivity contribution in [3.05, 3.63) is 88.6 Å². The molecule has 9 heteroatoms. The molecule has 1 aromatic heterocycles. The molecule has 4 rings (SSSR count). The number of hydrogen-bond donors (Lipinski definition) is 1. The van der Waals surface area contributed by atoms with Gasteiger partial charge in [0.2, 0.25) is 0 Å². The number of rotatable bonds is 10. The predicted octanol–water partition coefficient (Wildman–Crippen LogP) is 8.45. The van der Waals surface area contributed by atoms with Crippen molar-refractivity contribution in [1.29, 1.82) is 0 Å². The molecule has 0 amide bonds. The summed E-state index contributed by atoms with van der Waals surface area (Å²) in [6, 6.07) is 15.7. The number of benzene rings is 3. The van der Waals surface area contributed by atoms with Gasteiger partial charge < -0.3 is 5.11 Å². The smallest absolute Gasteiger partial charge is 0.416 e. The molecule has 1 heterocycles. The molecule has 1 N–H and O–H groups in total.